The minimum Gasteiger partial charge on any atom is -0.369 e. The van der Waals surface area contributed by atoms with Crippen molar-refractivity contribution in [2.45, 2.75) is 26.2 Å². The first-order chi connectivity index (χ1) is 8.66. The van der Waals surface area contributed by atoms with Gasteiger partial charge in [-0.1, -0.05) is 19.8 Å². The molecule has 6 nitrogen and oxygen atoms in total. The molecular formula is C12H19N5O. The molecule has 0 aromatic carbocycles. The van der Waals surface area contributed by atoms with Crippen LogP contribution < -0.4 is 16.0 Å². The predicted molar refractivity (Wildman–Crippen MR) is 71.6 cm³/mol. The normalized spacial score (nSPS) is 9.83. The van der Waals surface area contributed by atoms with Gasteiger partial charge in [-0.2, -0.15) is 0 Å². The van der Waals surface area contributed by atoms with Crippen LogP contribution in [0.2, 0.25) is 0 Å². The van der Waals surface area contributed by atoms with E-state index >= 15 is 0 Å². The van der Waals surface area contributed by atoms with Crippen molar-refractivity contribution in [3.63, 3.8) is 0 Å². The molecule has 0 saturated carbocycles. The first-order valence-electron chi connectivity index (χ1n) is 5.98. The third-order valence-electron chi connectivity index (χ3n) is 2.40. The molecule has 6 heteroatoms. The lowest BCUT2D eigenvalue weighted by atomic mass is 10.2. The average molecular weight is 249 g/mol. The van der Waals surface area contributed by atoms with Crippen LogP contribution in [-0.4, -0.2) is 23.5 Å². The quantitative estimate of drug-likeness (QED) is 0.421. The van der Waals surface area contributed by atoms with Crippen LogP contribution in [0, 0.1) is 5.41 Å². The maximum Gasteiger partial charge on any atom is 0.328 e. The van der Waals surface area contributed by atoms with Crippen LogP contribution in [0.3, 0.4) is 0 Å². The van der Waals surface area contributed by atoms with E-state index in [1.165, 1.54) is 6.20 Å². The number of urea groups is 1. The number of carbonyl (C=O) groups excluding carboxylic acids is 1. The van der Waals surface area contributed by atoms with Crippen LogP contribution in [0.1, 0.15) is 26.2 Å². The molecule has 0 atom stereocenters. The summed E-state index contributed by atoms with van der Waals surface area (Å²) < 4.78 is 0. The summed E-state index contributed by atoms with van der Waals surface area (Å²) in [4.78, 5) is 16.9. The Bertz CT molecular complexity index is 393. The molecule has 0 unspecified atom stereocenters. The van der Waals surface area contributed by atoms with Crippen molar-refractivity contribution < 1.29 is 4.79 Å². The van der Waals surface area contributed by atoms with Gasteiger partial charge in [-0.05, 0) is 18.6 Å². The van der Waals surface area contributed by atoms with Crippen LogP contribution in [-0.2, 0) is 0 Å². The molecule has 1 heterocycles. The molecule has 0 spiro atoms. The summed E-state index contributed by atoms with van der Waals surface area (Å²) in [6.45, 7) is 2.68. The van der Waals surface area contributed by atoms with Crippen LogP contribution in [0.25, 0.3) is 0 Å². The number of hydrogen-bond acceptors (Lipinski definition) is 3. The minimum atomic E-state index is -0.397. The van der Waals surface area contributed by atoms with E-state index in [4.69, 9.17) is 11.1 Å². The molecule has 98 valence electrons. The van der Waals surface area contributed by atoms with Crippen molar-refractivity contribution >= 4 is 17.7 Å². The Kier molecular flexibility index (Phi) is 5.63. The zero-order chi connectivity index (χ0) is 13.4. The Morgan fingerprint density at radius 2 is 2.33 bits per heavy atom. The van der Waals surface area contributed by atoms with E-state index in [-0.39, 0.29) is 5.96 Å². The number of anilines is 1. The topological polar surface area (TPSA) is 95.1 Å². The highest BCUT2D eigenvalue weighted by molar-refractivity contribution is 6.13. The van der Waals surface area contributed by atoms with Crippen molar-refractivity contribution in [2.75, 3.05) is 11.4 Å². The van der Waals surface area contributed by atoms with Crippen molar-refractivity contribution in [3.05, 3.63) is 24.5 Å². The molecule has 0 radical (unpaired) electrons. The van der Waals surface area contributed by atoms with Crippen LogP contribution in [0.5, 0.6) is 0 Å². The van der Waals surface area contributed by atoms with Gasteiger partial charge < -0.3 is 11.1 Å². The third-order valence-corrected chi connectivity index (χ3v) is 2.40. The van der Waals surface area contributed by atoms with Gasteiger partial charge in [-0.25, -0.2) is 9.69 Å². The first-order valence-corrected chi connectivity index (χ1v) is 5.98. The van der Waals surface area contributed by atoms with E-state index in [1.807, 2.05) is 0 Å². The molecule has 0 fully saturated rings. The summed E-state index contributed by atoms with van der Waals surface area (Å²) in [6.07, 6.45) is 6.16. The van der Waals surface area contributed by atoms with Gasteiger partial charge in [-0.3, -0.25) is 10.4 Å². The zero-order valence-corrected chi connectivity index (χ0v) is 10.5. The number of amides is 2. The Balaban J connectivity index is 2.63. The first kappa shape index (κ1) is 14.0. The highest BCUT2D eigenvalue weighted by Crippen LogP contribution is 2.10. The number of nitrogens with zero attached hydrogens (tertiary/aromatic N) is 2. The lowest BCUT2D eigenvalue weighted by molar-refractivity contribution is 0.248. The SMILES string of the molecule is CCCCCNC(=O)N(C(=N)N)c1cccnc1. The number of hydrogen-bond donors (Lipinski definition) is 3. The van der Waals surface area contributed by atoms with Crippen molar-refractivity contribution in [1.29, 1.82) is 5.41 Å². The number of rotatable bonds is 5. The predicted octanol–water partition coefficient (Wildman–Crippen LogP) is 1.68. The van der Waals surface area contributed by atoms with Crippen molar-refractivity contribution in [2.24, 2.45) is 5.73 Å². The molecule has 2 amide bonds. The van der Waals surface area contributed by atoms with Gasteiger partial charge in [-0.15, -0.1) is 0 Å². The van der Waals surface area contributed by atoms with Gasteiger partial charge in [0.25, 0.3) is 0 Å². The molecule has 0 saturated heterocycles. The number of nitrogens with one attached hydrogen (secondary N) is 2. The van der Waals surface area contributed by atoms with Gasteiger partial charge in [0.05, 0.1) is 11.9 Å². The van der Waals surface area contributed by atoms with E-state index in [0.717, 1.165) is 24.2 Å². The van der Waals surface area contributed by atoms with Gasteiger partial charge >= 0.3 is 6.03 Å². The Hall–Kier alpha value is -2.11. The smallest absolute Gasteiger partial charge is 0.328 e. The molecule has 1 aromatic heterocycles. The van der Waals surface area contributed by atoms with E-state index < -0.39 is 6.03 Å². The van der Waals surface area contributed by atoms with E-state index in [0.29, 0.717) is 12.2 Å². The fraction of sp³-hybridized carbons (Fsp3) is 0.417. The Morgan fingerprint density at radius 1 is 1.56 bits per heavy atom. The number of aromatic nitrogens is 1. The summed E-state index contributed by atoms with van der Waals surface area (Å²) >= 11 is 0. The second-order valence-electron chi connectivity index (χ2n) is 3.87. The number of unbranched alkanes of at least 4 members (excludes halogenated alkanes) is 2. The number of nitrogens with two attached hydrogens (primary N) is 1. The highest BCUT2D eigenvalue weighted by atomic mass is 16.2. The molecule has 0 bridgehead atoms. The van der Waals surface area contributed by atoms with Crippen LogP contribution in [0.4, 0.5) is 10.5 Å². The van der Waals surface area contributed by atoms with Crippen LogP contribution in [0.15, 0.2) is 24.5 Å². The summed E-state index contributed by atoms with van der Waals surface area (Å²) in [5.74, 6) is -0.323. The average Bonchev–Trinajstić information content (AvgIpc) is 2.36. The van der Waals surface area contributed by atoms with E-state index in [2.05, 4.69) is 17.2 Å². The van der Waals surface area contributed by atoms with Crippen molar-refractivity contribution in [1.82, 2.24) is 10.3 Å². The highest BCUT2D eigenvalue weighted by Gasteiger charge is 2.17. The summed E-state index contributed by atoms with van der Waals surface area (Å²) in [5.41, 5.74) is 5.90. The maximum absolute atomic E-state index is 11.9. The van der Waals surface area contributed by atoms with E-state index in [1.54, 1.807) is 18.3 Å². The molecule has 0 aliphatic carbocycles. The standard InChI is InChI=1S/C12H19N5O/c1-2-3-4-8-16-12(18)17(11(13)14)10-6-5-7-15-9-10/h5-7,9H,2-4,8H2,1H3,(H3,13,14)(H,16,18). The Labute approximate surface area is 107 Å². The summed E-state index contributed by atoms with van der Waals surface area (Å²) in [5, 5.41) is 10.2. The summed E-state index contributed by atoms with van der Waals surface area (Å²) in [7, 11) is 0. The van der Waals surface area contributed by atoms with Gasteiger partial charge in [0.2, 0.25) is 5.96 Å². The van der Waals surface area contributed by atoms with Gasteiger partial charge in [0, 0.05) is 12.7 Å². The minimum absolute atomic E-state index is 0.323. The molecule has 1 rings (SSSR count). The lowest BCUT2D eigenvalue weighted by Gasteiger charge is -2.20. The van der Waals surface area contributed by atoms with Crippen molar-refractivity contribution in [3.8, 4) is 0 Å². The summed E-state index contributed by atoms with van der Waals surface area (Å²) in [6, 6.07) is 2.97. The fourth-order valence-corrected chi connectivity index (χ4v) is 1.50. The molecule has 0 aliphatic rings. The second-order valence-corrected chi connectivity index (χ2v) is 3.87. The molecular weight excluding hydrogens is 230 g/mol. The molecule has 4 N–H and O–H groups in total. The van der Waals surface area contributed by atoms with Crippen LogP contribution >= 0.6 is 0 Å². The second kappa shape index (κ2) is 7.26. The van der Waals surface area contributed by atoms with E-state index in [9.17, 15) is 4.79 Å². The molecule has 18 heavy (non-hydrogen) atoms. The Morgan fingerprint density at radius 3 is 2.89 bits per heavy atom. The fourth-order valence-electron chi connectivity index (χ4n) is 1.50. The van der Waals surface area contributed by atoms with Gasteiger partial charge in [0.1, 0.15) is 0 Å². The molecule has 0 aliphatic heterocycles. The monoisotopic (exact) mass is 249 g/mol. The lowest BCUT2D eigenvalue weighted by Crippen LogP contribution is -2.47. The number of carbonyl (C=O) groups is 1. The van der Waals surface area contributed by atoms with Gasteiger partial charge in [0.15, 0.2) is 0 Å². The number of pyridine rings is 1. The maximum atomic E-state index is 11.9. The number of guanidine groups is 1. The molecule has 1 aromatic rings. The largest absolute Gasteiger partial charge is 0.369 e. The third kappa shape index (κ3) is 4.04. The zero-order valence-electron chi connectivity index (χ0n) is 10.5.